The Bertz CT molecular complexity index is 1430. The average molecular weight is 555 g/mol. The zero-order valence-electron chi connectivity index (χ0n) is 19.5. The number of carbonyl (C=O) groups is 2. The van der Waals surface area contributed by atoms with Gasteiger partial charge in [0.25, 0.3) is 5.91 Å². The molecule has 1 N–H and O–H groups in total. The first kappa shape index (κ1) is 26.8. The van der Waals surface area contributed by atoms with Gasteiger partial charge in [-0.25, -0.2) is 18.1 Å². The van der Waals surface area contributed by atoms with Gasteiger partial charge in [0.2, 0.25) is 15.9 Å². The fourth-order valence-corrected chi connectivity index (χ4v) is 5.83. The number of nitrogens with one attached hydrogen (secondary N) is 1. The number of halogens is 4. The summed E-state index contributed by atoms with van der Waals surface area (Å²) >= 11 is 5.74. The third-order valence-electron chi connectivity index (χ3n) is 6.04. The highest BCUT2D eigenvalue weighted by molar-refractivity contribution is 7.89. The number of pyridine rings is 1. The summed E-state index contributed by atoms with van der Waals surface area (Å²) in [5, 5.41) is 0.240. The maximum Gasteiger partial charge on any atom is 0.417 e. The second kappa shape index (κ2) is 10.3. The maximum absolute atomic E-state index is 13.9. The van der Waals surface area contributed by atoms with Crippen LogP contribution in [-0.4, -0.2) is 53.8 Å². The van der Waals surface area contributed by atoms with Crippen molar-refractivity contribution in [2.24, 2.45) is 0 Å². The van der Waals surface area contributed by atoms with E-state index in [-0.39, 0.29) is 48.2 Å². The van der Waals surface area contributed by atoms with Gasteiger partial charge in [0.05, 0.1) is 21.7 Å². The predicted octanol–water partition coefficient (Wildman–Crippen LogP) is 4.47. The van der Waals surface area contributed by atoms with E-state index in [2.05, 4.69) is 9.71 Å². The Hall–Kier alpha value is -3.22. The summed E-state index contributed by atoms with van der Waals surface area (Å²) in [6, 6.07) is 8.19. The molecule has 196 valence electrons. The molecule has 0 unspecified atom stereocenters. The van der Waals surface area contributed by atoms with Crippen LogP contribution in [0.25, 0.3) is 11.3 Å². The van der Waals surface area contributed by atoms with Gasteiger partial charge in [-0.05, 0) is 54.8 Å². The lowest BCUT2D eigenvalue weighted by atomic mass is 10.1. The van der Waals surface area contributed by atoms with Crippen molar-refractivity contribution in [1.29, 1.82) is 0 Å². The quantitative estimate of drug-likeness (QED) is 0.469. The topological polar surface area (TPSA) is 101 Å². The number of hydrogen-bond donors (Lipinski definition) is 1. The first-order chi connectivity index (χ1) is 17.4. The number of likely N-dealkylation sites (tertiary alicyclic amines) is 1. The van der Waals surface area contributed by atoms with Crippen LogP contribution in [0.3, 0.4) is 0 Å². The van der Waals surface area contributed by atoms with E-state index in [0.29, 0.717) is 5.56 Å². The van der Waals surface area contributed by atoms with E-state index in [1.165, 1.54) is 59.1 Å². The molecule has 3 aromatic rings. The average Bonchev–Trinajstić information content (AvgIpc) is 3.34. The highest BCUT2D eigenvalue weighted by atomic mass is 35.5. The molecule has 0 radical (unpaired) electrons. The summed E-state index contributed by atoms with van der Waals surface area (Å²) in [4.78, 5) is 28.9. The van der Waals surface area contributed by atoms with Gasteiger partial charge in [-0.3, -0.25) is 14.2 Å². The number of alkyl halides is 3. The minimum Gasteiger partial charge on any atom is -0.338 e. The lowest BCUT2D eigenvalue weighted by Crippen LogP contribution is -2.46. The SMILES string of the molecule is CC(=O)n1cccc1-c1ccc(S(=O)(=O)NC2CCN(C(=O)c3ccc(Cl)nc3)CC2)c(C(F)(F)F)c1. The van der Waals surface area contributed by atoms with Gasteiger partial charge >= 0.3 is 6.18 Å². The Balaban J connectivity index is 1.52. The van der Waals surface area contributed by atoms with E-state index >= 15 is 0 Å². The zero-order valence-corrected chi connectivity index (χ0v) is 21.1. The lowest BCUT2D eigenvalue weighted by molar-refractivity contribution is -0.139. The van der Waals surface area contributed by atoms with Crippen LogP contribution in [0.5, 0.6) is 0 Å². The molecule has 1 aromatic carbocycles. The van der Waals surface area contributed by atoms with Crippen LogP contribution >= 0.6 is 11.6 Å². The molecule has 4 rings (SSSR count). The van der Waals surface area contributed by atoms with E-state index in [4.69, 9.17) is 11.6 Å². The summed E-state index contributed by atoms with van der Waals surface area (Å²) in [7, 11) is -4.55. The van der Waals surface area contributed by atoms with Crippen LogP contribution < -0.4 is 4.72 Å². The van der Waals surface area contributed by atoms with Crippen molar-refractivity contribution in [2.45, 2.75) is 36.9 Å². The summed E-state index contributed by atoms with van der Waals surface area (Å²) in [5.74, 6) is -0.695. The van der Waals surface area contributed by atoms with Crippen molar-refractivity contribution in [3.05, 3.63) is 71.1 Å². The van der Waals surface area contributed by atoms with Gasteiger partial charge in [0.1, 0.15) is 5.15 Å². The Morgan fingerprint density at radius 3 is 2.41 bits per heavy atom. The minimum atomic E-state index is -4.96. The maximum atomic E-state index is 13.9. The fourth-order valence-electron chi connectivity index (χ4n) is 4.20. The highest BCUT2D eigenvalue weighted by Gasteiger charge is 2.38. The zero-order chi connectivity index (χ0) is 27.0. The molecular weight excluding hydrogens is 533 g/mol. The molecule has 1 aliphatic rings. The summed E-state index contributed by atoms with van der Waals surface area (Å²) in [6.45, 7) is 1.69. The van der Waals surface area contributed by atoms with Crippen LogP contribution in [0, 0.1) is 0 Å². The van der Waals surface area contributed by atoms with E-state index in [9.17, 15) is 31.2 Å². The number of hydrogen-bond acceptors (Lipinski definition) is 5. The second-order valence-electron chi connectivity index (χ2n) is 8.55. The Labute approximate surface area is 216 Å². The highest BCUT2D eigenvalue weighted by Crippen LogP contribution is 2.37. The molecule has 0 atom stereocenters. The second-order valence-corrected chi connectivity index (χ2v) is 10.6. The van der Waals surface area contributed by atoms with Crippen molar-refractivity contribution in [3.63, 3.8) is 0 Å². The van der Waals surface area contributed by atoms with Crippen molar-refractivity contribution in [3.8, 4) is 11.3 Å². The van der Waals surface area contributed by atoms with Crippen molar-refractivity contribution in [1.82, 2.24) is 19.2 Å². The molecule has 3 heterocycles. The standard InChI is InChI=1S/C24H22ClF3N4O4S/c1-15(33)32-10-2-3-20(32)16-4-6-21(19(13-16)24(26,27)28)37(35,36)30-18-8-11-31(12-9-18)23(34)17-5-7-22(25)29-14-17/h2-7,10,13-14,18,30H,8-9,11-12H2,1H3. The van der Waals surface area contributed by atoms with Crippen molar-refractivity contribution in [2.75, 3.05) is 13.1 Å². The molecular formula is C24H22ClF3N4O4S. The van der Waals surface area contributed by atoms with Crippen LogP contribution in [0.1, 0.15) is 40.5 Å². The van der Waals surface area contributed by atoms with Crippen molar-refractivity contribution < 1.29 is 31.2 Å². The van der Waals surface area contributed by atoms with Gasteiger partial charge in [-0.2, -0.15) is 13.2 Å². The fraction of sp³-hybridized carbons (Fsp3) is 0.292. The number of benzene rings is 1. The van der Waals surface area contributed by atoms with Gasteiger partial charge in [-0.15, -0.1) is 0 Å². The summed E-state index contributed by atoms with van der Waals surface area (Å²) in [5.41, 5.74) is -0.747. The van der Waals surface area contributed by atoms with Crippen LogP contribution in [0.2, 0.25) is 5.15 Å². The summed E-state index contributed by atoms with van der Waals surface area (Å²) < 4.78 is 71.4. The van der Waals surface area contributed by atoms with Crippen LogP contribution in [0.15, 0.2) is 59.8 Å². The molecule has 37 heavy (non-hydrogen) atoms. The summed E-state index contributed by atoms with van der Waals surface area (Å²) in [6.07, 6.45) is -1.77. The lowest BCUT2D eigenvalue weighted by Gasteiger charge is -2.32. The first-order valence-corrected chi connectivity index (χ1v) is 13.1. The third-order valence-corrected chi connectivity index (χ3v) is 7.84. The molecule has 0 aliphatic carbocycles. The molecule has 8 nitrogen and oxygen atoms in total. The van der Waals surface area contributed by atoms with Crippen LogP contribution in [0.4, 0.5) is 13.2 Å². The van der Waals surface area contributed by atoms with Crippen LogP contribution in [-0.2, 0) is 16.2 Å². The largest absolute Gasteiger partial charge is 0.417 e. The van der Waals surface area contributed by atoms with Gasteiger partial charge < -0.3 is 4.90 Å². The smallest absolute Gasteiger partial charge is 0.338 e. The van der Waals surface area contributed by atoms with E-state index in [1.54, 1.807) is 0 Å². The molecule has 1 fully saturated rings. The first-order valence-electron chi connectivity index (χ1n) is 11.2. The Kier molecular flexibility index (Phi) is 7.45. The van der Waals surface area contributed by atoms with E-state index < -0.39 is 38.6 Å². The number of amides is 1. The van der Waals surface area contributed by atoms with E-state index in [1.807, 2.05) is 0 Å². The molecule has 0 bridgehead atoms. The third kappa shape index (κ3) is 5.86. The number of nitrogens with zero attached hydrogens (tertiary/aromatic N) is 3. The molecule has 1 amide bonds. The van der Waals surface area contributed by atoms with Crippen molar-refractivity contribution >= 4 is 33.4 Å². The number of carbonyl (C=O) groups excluding carboxylic acids is 2. The number of aromatic nitrogens is 2. The number of rotatable bonds is 5. The normalized spacial score (nSPS) is 15.1. The Morgan fingerprint density at radius 2 is 1.81 bits per heavy atom. The molecule has 2 aromatic heterocycles. The predicted molar refractivity (Wildman–Crippen MR) is 130 cm³/mol. The number of sulfonamides is 1. The molecule has 13 heteroatoms. The number of piperidine rings is 1. The molecule has 0 spiro atoms. The monoisotopic (exact) mass is 554 g/mol. The van der Waals surface area contributed by atoms with Gasteiger partial charge in [0.15, 0.2) is 0 Å². The molecule has 0 saturated carbocycles. The van der Waals surface area contributed by atoms with Gasteiger partial charge in [-0.1, -0.05) is 17.7 Å². The van der Waals surface area contributed by atoms with Gasteiger partial charge in [0, 0.05) is 38.4 Å². The molecule has 1 aliphatic heterocycles. The molecule has 1 saturated heterocycles. The minimum absolute atomic E-state index is 0.0509. The Morgan fingerprint density at radius 1 is 1.11 bits per heavy atom. The van der Waals surface area contributed by atoms with E-state index in [0.717, 1.165) is 12.1 Å².